The zero-order valence-corrected chi connectivity index (χ0v) is 14.6. The van der Waals surface area contributed by atoms with Crippen molar-refractivity contribution in [2.45, 2.75) is 71.9 Å². The van der Waals surface area contributed by atoms with Gasteiger partial charge >= 0.3 is 6.03 Å². The highest BCUT2D eigenvalue weighted by Gasteiger charge is 2.28. The van der Waals surface area contributed by atoms with Crippen LogP contribution in [0.15, 0.2) is 4.52 Å². The summed E-state index contributed by atoms with van der Waals surface area (Å²) in [6.45, 7) is 8.90. The lowest BCUT2D eigenvalue weighted by Crippen LogP contribution is -2.45. The van der Waals surface area contributed by atoms with Crippen molar-refractivity contribution in [3.8, 4) is 0 Å². The third-order valence-corrected chi connectivity index (χ3v) is 4.72. The average molecular weight is 323 g/mol. The van der Waals surface area contributed by atoms with Crippen LogP contribution in [0.3, 0.4) is 0 Å². The van der Waals surface area contributed by atoms with Crippen molar-refractivity contribution in [2.24, 2.45) is 5.92 Å². The minimum Gasteiger partial charge on any atom is -0.378 e. The number of urea groups is 1. The highest BCUT2D eigenvalue weighted by Crippen LogP contribution is 2.25. The second-order valence-corrected chi connectivity index (χ2v) is 6.23. The van der Waals surface area contributed by atoms with Gasteiger partial charge in [-0.05, 0) is 25.7 Å². The fourth-order valence-electron chi connectivity index (χ4n) is 3.26. The fraction of sp³-hybridized carbons (Fsp3) is 0.765. The first-order chi connectivity index (χ1) is 11.1. The van der Waals surface area contributed by atoms with E-state index in [-0.39, 0.29) is 18.2 Å². The van der Waals surface area contributed by atoms with Gasteiger partial charge in [0.1, 0.15) is 11.4 Å². The van der Waals surface area contributed by atoms with Crippen LogP contribution in [-0.4, -0.2) is 29.9 Å². The SMILES string of the molecule is CCc1onc(C)c1NC(=O)NC1CCOC(C(CC)CC)C1. The first-order valence-electron chi connectivity index (χ1n) is 8.73. The number of ether oxygens (including phenoxy) is 1. The summed E-state index contributed by atoms with van der Waals surface area (Å²) < 4.78 is 11.1. The van der Waals surface area contributed by atoms with E-state index in [1.54, 1.807) is 0 Å². The van der Waals surface area contributed by atoms with Crippen LogP contribution in [0, 0.1) is 12.8 Å². The van der Waals surface area contributed by atoms with E-state index >= 15 is 0 Å². The summed E-state index contributed by atoms with van der Waals surface area (Å²) in [5.41, 5.74) is 1.40. The van der Waals surface area contributed by atoms with Crippen LogP contribution in [0.1, 0.15) is 57.9 Å². The molecule has 1 aromatic rings. The van der Waals surface area contributed by atoms with E-state index in [9.17, 15) is 4.79 Å². The highest BCUT2D eigenvalue weighted by atomic mass is 16.5. The molecule has 6 nitrogen and oxygen atoms in total. The van der Waals surface area contributed by atoms with Crippen LogP contribution in [0.25, 0.3) is 0 Å². The molecule has 0 spiro atoms. The topological polar surface area (TPSA) is 76.4 Å². The minimum absolute atomic E-state index is 0.152. The lowest BCUT2D eigenvalue weighted by atomic mass is 9.89. The van der Waals surface area contributed by atoms with Crippen LogP contribution in [0.5, 0.6) is 0 Å². The third-order valence-electron chi connectivity index (χ3n) is 4.72. The van der Waals surface area contributed by atoms with Gasteiger partial charge in [0.15, 0.2) is 5.76 Å². The Morgan fingerprint density at radius 3 is 2.74 bits per heavy atom. The maximum Gasteiger partial charge on any atom is 0.319 e. The Bertz CT molecular complexity index is 511. The first-order valence-corrected chi connectivity index (χ1v) is 8.73. The van der Waals surface area contributed by atoms with E-state index in [4.69, 9.17) is 9.26 Å². The zero-order valence-electron chi connectivity index (χ0n) is 14.6. The number of amides is 2. The smallest absolute Gasteiger partial charge is 0.319 e. The monoisotopic (exact) mass is 323 g/mol. The van der Waals surface area contributed by atoms with Gasteiger partial charge in [-0.3, -0.25) is 0 Å². The molecule has 2 N–H and O–H groups in total. The normalized spacial score (nSPS) is 21.4. The highest BCUT2D eigenvalue weighted by molar-refractivity contribution is 5.90. The number of carbonyl (C=O) groups is 1. The summed E-state index contributed by atoms with van der Waals surface area (Å²) in [6, 6.07) is -0.0409. The molecule has 6 heteroatoms. The third kappa shape index (κ3) is 4.47. The van der Waals surface area contributed by atoms with Crippen LogP contribution < -0.4 is 10.6 Å². The molecule has 0 aliphatic carbocycles. The van der Waals surface area contributed by atoms with Crippen molar-refractivity contribution in [1.29, 1.82) is 0 Å². The Kier molecular flexibility index (Phi) is 6.45. The molecular formula is C17H29N3O3. The number of hydrogen-bond acceptors (Lipinski definition) is 4. The minimum atomic E-state index is -0.193. The number of carbonyl (C=O) groups excluding carboxylic acids is 1. The Morgan fingerprint density at radius 2 is 2.09 bits per heavy atom. The molecule has 2 atom stereocenters. The zero-order chi connectivity index (χ0) is 16.8. The first kappa shape index (κ1) is 17.8. The molecule has 1 aliphatic rings. The van der Waals surface area contributed by atoms with Crippen molar-refractivity contribution in [3.05, 3.63) is 11.5 Å². The van der Waals surface area contributed by atoms with Crippen LogP contribution >= 0.6 is 0 Å². The molecule has 1 saturated heterocycles. The Labute approximate surface area is 138 Å². The number of aromatic nitrogens is 1. The van der Waals surface area contributed by atoms with Crippen molar-refractivity contribution in [3.63, 3.8) is 0 Å². The molecule has 0 saturated carbocycles. The molecule has 1 aliphatic heterocycles. The number of rotatable bonds is 6. The maximum atomic E-state index is 12.3. The van der Waals surface area contributed by atoms with Gasteiger partial charge in [-0.2, -0.15) is 0 Å². The predicted molar refractivity (Wildman–Crippen MR) is 89.6 cm³/mol. The van der Waals surface area contributed by atoms with Gasteiger partial charge in [0.05, 0.1) is 6.10 Å². The Hall–Kier alpha value is -1.56. The summed E-state index contributed by atoms with van der Waals surface area (Å²) in [5.74, 6) is 1.27. The second kappa shape index (κ2) is 8.34. The second-order valence-electron chi connectivity index (χ2n) is 6.23. The molecule has 2 amide bonds. The molecule has 0 radical (unpaired) electrons. The Morgan fingerprint density at radius 1 is 1.35 bits per heavy atom. The van der Waals surface area contributed by atoms with Crippen LogP contribution in [0.4, 0.5) is 10.5 Å². The van der Waals surface area contributed by atoms with Crippen LogP contribution in [0.2, 0.25) is 0 Å². The van der Waals surface area contributed by atoms with Crippen molar-refractivity contribution in [1.82, 2.24) is 10.5 Å². The molecule has 1 fully saturated rings. The lowest BCUT2D eigenvalue weighted by Gasteiger charge is -2.34. The number of nitrogens with zero attached hydrogens (tertiary/aromatic N) is 1. The summed E-state index contributed by atoms with van der Waals surface area (Å²) >= 11 is 0. The Balaban J connectivity index is 1.91. The van der Waals surface area contributed by atoms with Gasteiger partial charge in [-0.1, -0.05) is 38.8 Å². The van der Waals surface area contributed by atoms with Crippen LogP contribution in [-0.2, 0) is 11.2 Å². The number of anilines is 1. The molecule has 130 valence electrons. The van der Waals surface area contributed by atoms with E-state index in [0.717, 1.165) is 25.7 Å². The van der Waals surface area contributed by atoms with Gasteiger partial charge < -0.3 is 19.9 Å². The largest absolute Gasteiger partial charge is 0.378 e. The van der Waals surface area contributed by atoms with E-state index < -0.39 is 0 Å². The fourth-order valence-corrected chi connectivity index (χ4v) is 3.26. The van der Waals surface area contributed by atoms with Gasteiger partial charge in [0.25, 0.3) is 0 Å². The number of nitrogens with one attached hydrogen (secondary N) is 2. The molecule has 23 heavy (non-hydrogen) atoms. The molecule has 2 unspecified atom stereocenters. The summed E-state index contributed by atoms with van der Waals surface area (Å²) in [4.78, 5) is 12.3. The van der Waals surface area contributed by atoms with E-state index in [1.807, 2.05) is 13.8 Å². The van der Waals surface area contributed by atoms with Gasteiger partial charge in [0.2, 0.25) is 0 Å². The number of hydrogen-bond donors (Lipinski definition) is 2. The van der Waals surface area contributed by atoms with E-state index in [2.05, 4.69) is 29.6 Å². The molecule has 2 heterocycles. The summed E-state index contributed by atoms with van der Waals surface area (Å²) in [5, 5.41) is 9.86. The molecular weight excluding hydrogens is 294 g/mol. The summed E-state index contributed by atoms with van der Waals surface area (Å²) in [7, 11) is 0. The molecule has 0 aromatic carbocycles. The lowest BCUT2D eigenvalue weighted by molar-refractivity contribution is -0.0329. The van der Waals surface area contributed by atoms with E-state index in [1.165, 1.54) is 0 Å². The van der Waals surface area contributed by atoms with Crippen molar-refractivity contribution >= 4 is 11.7 Å². The standard InChI is InChI=1S/C17H29N3O3/c1-5-12(6-2)15-10-13(8-9-22-15)18-17(21)19-16-11(4)20-23-14(16)7-3/h12-13,15H,5-10H2,1-4H3,(H2,18,19,21). The van der Waals surface area contributed by atoms with Gasteiger partial charge in [-0.15, -0.1) is 0 Å². The molecule has 1 aromatic heterocycles. The quantitative estimate of drug-likeness (QED) is 0.838. The van der Waals surface area contributed by atoms with Gasteiger partial charge in [-0.25, -0.2) is 4.79 Å². The maximum absolute atomic E-state index is 12.3. The number of aryl methyl sites for hydroxylation is 2. The summed E-state index contributed by atoms with van der Waals surface area (Å²) in [6.07, 6.45) is 4.90. The molecule has 0 bridgehead atoms. The van der Waals surface area contributed by atoms with Crippen molar-refractivity contribution in [2.75, 3.05) is 11.9 Å². The van der Waals surface area contributed by atoms with Gasteiger partial charge in [0, 0.05) is 19.1 Å². The van der Waals surface area contributed by atoms with E-state index in [0.29, 0.717) is 36.1 Å². The molecule has 2 rings (SSSR count). The predicted octanol–water partition coefficient (Wildman–Crippen LogP) is 3.65. The van der Waals surface area contributed by atoms with Crippen molar-refractivity contribution < 1.29 is 14.1 Å². The average Bonchev–Trinajstić information content (AvgIpc) is 2.89.